The molecule has 1 saturated heterocycles. The zero-order chi connectivity index (χ0) is 11.1. The summed E-state index contributed by atoms with van der Waals surface area (Å²) >= 11 is 6.93. The minimum Gasteiger partial charge on any atom is -0.384 e. The van der Waals surface area contributed by atoms with Crippen molar-refractivity contribution in [1.82, 2.24) is 0 Å². The summed E-state index contributed by atoms with van der Waals surface area (Å²) in [7, 11) is 0. The summed E-state index contributed by atoms with van der Waals surface area (Å²) < 4.78 is 26.3. The van der Waals surface area contributed by atoms with Crippen molar-refractivity contribution in [3.8, 4) is 0 Å². The third-order valence-corrected chi connectivity index (χ3v) is 4.06. The highest BCUT2D eigenvalue weighted by Gasteiger charge is 2.34. The summed E-state index contributed by atoms with van der Waals surface area (Å²) in [6.07, 6.45) is 0.512. The average molecular weight is 251 g/mol. The van der Waals surface area contributed by atoms with Gasteiger partial charge in [0.2, 0.25) is 0 Å². The first-order chi connectivity index (χ1) is 7.03. The molecule has 1 unspecified atom stereocenters. The molecular formula is C10H9ClF2OS. The standard InChI is InChI=1S/C10H9ClF2OS/c11-9-7(12)3-6(4-8(9)13)10(14)1-2-15-5-10/h3-4,14H,1-2,5H2. The van der Waals surface area contributed by atoms with Crippen LogP contribution < -0.4 is 0 Å². The molecule has 1 heterocycles. The molecule has 1 N–H and O–H groups in total. The predicted octanol–water partition coefficient (Wildman–Crippen LogP) is 2.94. The molecule has 15 heavy (non-hydrogen) atoms. The van der Waals surface area contributed by atoms with Crippen LogP contribution in [0.4, 0.5) is 8.78 Å². The third kappa shape index (κ3) is 1.98. The first kappa shape index (κ1) is 11.2. The lowest BCUT2D eigenvalue weighted by Gasteiger charge is -2.22. The smallest absolute Gasteiger partial charge is 0.145 e. The fraction of sp³-hybridized carbons (Fsp3) is 0.400. The first-order valence-electron chi connectivity index (χ1n) is 4.48. The zero-order valence-corrected chi connectivity index (χ0v) is 9.34. The third-order valence-electron chi connectivity index (χ3n) is 2.52. The Balaban J connectivity index is 2.45. The summed E-state index contributed by atoms with van der Waals surface area (Å²) in [5, 5.41) is 9.58. The second kappa shape index (κ2) is 3.92. The average Bonchev–Trinajstić information content (AvgIpc) is 2.62. The van der Waals surface area contributed by atoms with E-state index >= 15 is 0 Å². The summed E-state index contributed by atoms with van der Waals surface area (Å²) in [6, 6.07) is 2.22. The number of hydrogen-bond acceptors (Lipinski definition) is 2. The maximum Gasteiger partial charge on any atom is 0.145 e. The van der Waals surface area contributed by atoms with Gasteiger partial charge in [0.25, 0.3) is 0 Å². The molecule has 1 aliphatic rings. The van der Waals surface area contributed by atoms with Gasteiger partial charge in [-0.05, 0) is 29.9 Å². The molecular weight excluding hydrogens is 242 g/mol. The predicted molar refractivity (Wildman–Crippen MR) is 57.2 cm³/mol. The van der Waals surface area contributed by atoms with Crippen molar-refractivity contribution in [2.75, 3.05) is 11.5 Å². The summed E-state index contributed by atoms with van der Waals surface area (Å²) in [5.41, 5.74) is -0.844. The highest BCUT2D eigenvalue weighted by Crippen LogP contribution is 2.38. The zero-order valence-electron chi connectivity index (χ0n) is 7.77. The highest BCUT2D eigenvalue weighted by molar-refractivity contribution is 7.99. The molecule has 1 aliphatic heterocycles. The first-order valence-corrected chi connectivity index (χ1v) is 6.01. The molecule has 1 nitrogen and oxygen atoms in total. The lowest BCUT2D eigenvalue weighted by atomic mass is 9.93. The molecule has 1 atom stereocenters. The van der Waals surface area contributed by atoms with Gasteiger partial charge >= 0.3 is 0 Å². The quantitative estimate of drug-likeness (QED) is 0.774. The van der Waals surface area contributed by atoms with Gasteiger partial charge in [0.05, 0.1) is 5.60 Å². The summed E-state index contributed by atoms with van der Waals surface area (Å²) in [6.45, 7) is 0. The number of hydrogen-bond donors (Lipinski definition) is 1. The van der Waals surface area contributed by atoms with Crippen LogP contribution in [-0.4, -0.2) is 16.6 Å². The highest BCUT2D eigenvalue weighted by atomic mass is 35.5. The lowest BCUT2D eigenvalue weighted by molar-refractivity contribution is 0.0651. The normalized spacial score (nSPS) is 25.9. The maximum absolute atomic E-state index is 13.2. The van der Waals surface area contributed by atoms with E-state index in [1.807, 2.05) is 0 Å². The Labute approximate surface area is 95.4 Å². The molecule has 82 valence electrons. The minimum absolute atomic E-state index is 0.270. The molecule has 2 rings (SSSR count). The molecule has 0 radical (unpaired) electrons. The van der Waals surface area contributed by atoms with Gasteiger partial charge in [0.15, 0.2) is 0 Å². The van der Waals surface area contributed by atoms with Gasteiger partial charge in [-0.3, -0.25) is 0 Å². The Morgan fingerprint density at radius 3 is 2.40 bits per heavy atom. The molecule has 0 bridgehead atoms. The molecule has 1 aromatic carbocycles. The van der Waals surface area contributed by atoms with E-state index in [0.29, 0.717) is 12.2 Å². The van der Waals surface area contributed by atoms with Crippen LogP contribution in [0.25, 0.3) is 0 Å². The van der Waals surface area contributed by atoms with Crippen molar-refractivity contribution in [3.05, 3.63) is 34.4 Å². The van der Waals surface area contributed by atoms with Crippen LogP contribution in [0.2, 0.25) is 5.02 Å². The minimum atomic E-state index is -1.11. The van der Waals surface area contributed by atoms with Crippen LogP contribution in [0.1, 0.15) is 12.0 Å². The second-order valence-corrected chi connectivity index (χ2v) is 5.07. The summed E-state index contributed by atoms with van der Waals surface area (Å²) in [5.74, 6) is -0.385. The molecule has 0 amide bonds. The molecule has 5 heteroatoms. The number of rotatable bonds is 1. The second-order valence-electron chi connectivity index (χ2n) is 3.59. The SMILES string of the molecule is OC1(c2cc(F)c(Cl)c(F)c2)CCSC1. The van der Waals surface area contributed by atoms with Gasteiger partial charge < -0.3 is 5.11 Å². The molecule has 0 aromatic heterocycles. The maximum atomic E-state index is 13.2. The van der Waals surface area contributed by atoms with Gasteiger partial charge in [0, 0.05) is 5.75 Å². The molecule has 0 spiro atoms. The van der Waals surface area contributed by atoms with Crippen LogP contribution in [0.5, 0.6) is 0 Å². The van der Waals surface area contributed by atoms with Crippen LogP contribution in [0.15, 0.2) is 12.1 Å². The number of thioether (sulfide) groups is 1. The Morgan fingerprint density at radius 1 is 1.33 bits per heavy atom. The van der Waals surface area contributed by atoms with Crippen molar-refractivity contribution in [3.63, 3.8) is 0 Å². The Morgan fingerprint density at radius 2 is 1.93 bits per heavy atom. The van der Waals surface area contributed by atoms with Gasteiger partial charge in [-0.2, -0.15) is 11.8 Å². The van der Waals surface area contributed by atoms with Crippen molar-refractivity contribution >= 4 is 23.4 Å². The molecule has 1 aromatic rings. The lowest BCUT2D eigenvalue weighted by Crippen LogP contribution is -2.25. The van der Waals surface area contributed by atoms with E-state index in [9.17, 15) is 13.9 Å². The van der Waals surface area contributed by atoms with E-state index in [1.165, 1.54) is 0 Å². The van der Waals surface area contributed by atoms with Crippen LogP contribution in [0, 0.1) is 11.6 Å². The van der Waals surface area contributed by atoms with Gasteiger partial charge in [-0.1, -0.05) is 11.6 Å². The van der Waals surface area contributed by atoms with Crippen molar-refractivity contribution in [2.45, 2.75) is 12.0 Å². The monoisotopic (exact) mass is 250 g/mol. The van der Waals surface area contributed by atoms with E-state index in [1.54, 1.807) is 11.8 Å². The van der Waals surface area contributed by atoms with E-state index < -0.39 is 22.3 Å². The van der Waals surface area contributed by atoms with Gasteiger partial charge in [0.1, 0.15) is 16.7 Å². The van der Waals surface area contributed by atoms with Crippen LogP contribution in [0.3, 0.4) is 0 Å². The Kier molecular flexibility index (Phi) is 2.92. The van der Waals surface area contributed by atoms with E-state index in [-0.39, 0.29) is 5.56 Å². The van der Waals surface area contributed by atoms with Crippen LogP contribution in [-0.2, 0) is 5.60 Å². The topological polar surface area (TPSA) is 20.2 Å². The Bertz CT molecular complexity index is 368. The van der Waals surface area contributed by atoms with Crippen molar-refractivity contribution < 1.29 is 13.9 Å². The van der Waals surface area contributed by atoms with Gasteiger partial charge in [-0.25, -0.2) is 8.78 Å². The fourth-order valence-electron chi connectivity index (χ4n) is 1.61. The van der Waals surface area contributed by atoms with E-state index in [0.717, 1.165) is 17.9 Å². The number of benzene rings is 1. The van der Waals surface area contributed by atoms with Gasteiger partial charge in [-0.15, -0.1) is 0 Å². The number of halogens is 3. The molecule has 1 fully saturated rings. The largest absolute Gasteiger partial charge is 0.384 e. The molecule has 0 aliphatic carbocycles. The van der Waals surface area contributed by atoms with Crippen molar-refractivity contribution in [1.29, 1.82) is 0 Å². The van der Waals surface area contributed by atoms with E-state index in [2.05, 4.69) is 0 Å². The van der Waals surface area contributed by atoms with Crippen molar-refractivity contribution in [2.24, 2.45) is 0 Å². The number of aliphatic hydroxyl groups is 1. The molecule has 0 saturated carbocycles. The van der Waals surface area contributed by atoms with E-state index in [4.69, 9.17) is 11.6 Å². The van der Waals surface area contributed by atoms with Crippen LogP contribution >= 0.6 is 23.4 Å². The summed E-state index contributed by atoms with van der Waals surface area (Å²) in [4.78, 5) is 0. The Hall–Kier alpha value is -0.320. The fourth-order valence-corrected chi connectivity index (χ4v) is 2.99.